The van der Waals surface area contributed by atoms with Gasteiger partial charge in [-0.15, -0.1) is 0 Å². The molecule has 1 amide bonds. The summed E-state index contributed by atoms with van der Waals surface area (Å²) in [6, 6.07) is 8.42. The molecule has 0 spiro atoms. The Bertz CT molecular complexity index is 403. The maximum Gasteiger partial charge on any atom is 0.260 e. The second-order valence-electron chi connectivity index (χ2n) is 5.00. The standard InChI is InChI=1S/C16H26N2O2/c1-5-17-13(3)11-14-7-9-15(10-8-14)20-12-16(19)18(4)6-2/h7-10,13,17H,5-6,11-12H2,1-4H3. The van der Waals surface area contributed by atoms with Gasteiger partial charge in [-0.2, -0.15) is 0 Å². The molecule has 0 bridgehead atoms. The Kier molecular flexibility index (Phi) is 7.09. The molecular weight excluding hydrogens is 252 g/mol. The average Bonchev–Trinajstić information content (AvgIpc) is 2.45. The van der Waals surface area contributed by atoms with Gasteiger partial charge < -0.3 is 15.0 Å². The summed E-state index contributed by atoms with van der Waals surface area (Å²) < 4.78 is 5.49. The number of rotatable bonds is 8. The van der Waals surface area contributed by atoms with Gasteiger partial charge in [0.25, 0.3) is 5.91 Å². The number of amides is 1. The van der Waals surface area contributed by atoms with Crippen molar-refractivity contribution in [1.82, 2.24) is 10.2 Å². The number of likely N-dealkylation sites (N-methyl/N-ethyl adjacent to an activating group) is 2. The van der Waals surface area contributed by atoms with Crippen LogP contribution in [0.2, 0.25) is 0 Å². The monoisotopic (exact) mass is 278 g/mol. The Morgan fingerprint density at radius 3 is 2.50 bits per heavy atom. The Hall–Kier alpha value is -1.55. The Balaban J connectivity index is 2.44. The summed E-state index contributed by atoms with van der Waals surface area (Å²) in [5, 5.41) is 3.39. The summed E-state index contributed by atoms with van der Waals surface area (Å²) in [4.78, 5) is 13.3. The number of carbonyl (C=O) groups is 1. The van der Waals surface area contributed by atoms with Crippen molar-refractivity contribution in [2.24, 2.45) is 0 Å². The quantitative estimate of drug-likeness (QED) is 0.791. The zero-order valence-corrected chi connectivity index (χ0v) is 13.0. The second kappa shape index (κ2) is 8.59. The van der Waals surface area contributed by atoms with Crippen molar-refractivity contribution in [3.63, 3.8) is 0 Å². The first-order valence-electron chi connectivity index (χ1n) is 7.25. The van der Waals surface area contributed by atoms with Gasteiger partial charge in [0, 0.05) is 19.6 Å². The number of nitrogens with one attached hydrogen (secondary N) is 1. The van der Waals surface area contributed by atoms with Gasteiger partial charge in [-0.1, -0.05) is 19.1 Å². The minimum absolute atomic E-state index is 0.00246. The molecule has 0 aromatic heterocycles. The molecule has 0 radical (unpaired) electrons. The van der Waals surface area contributed by atoms with Crippen LogP contribution >= 0.6 is 0 Å². The van der Waals surface area contributed by atoms with E-state index < -0.39 is 0 Å². The summed E-state index contributed by atoms with van der Waals surface area (Å²) in [6.45, 7) is 8.00. The Labute approximate surface area is 122 Å². The smallest absolute Gasteiger partial charge is 0.260 e. The fraction of sp³-hybridized carbons (Fsp3) is 0.562. The van der Waals surface area contributed by atoms with E-state index in [-0.39, 0.29) is 12.5 Å². The van der Waals surface area contributed by atoms with Crippen LogP contribution in [0.3, 0.4) is 0 Å². The third kappa shape index (κ3) is 5.61. The minimum atomic E-state index is -0.00246. The highest BCUT2D eigenvalue weighted by molar-refractivity contribution is 5.77. The van der Waals surface area contributed by atoms with E-state index in [0.717, 1.165) is 18.7 Å². The molecule has 0 saturated carbocycles. The molecule has 0 fully saturated rings. The van der Waals surface area contributed by atoms with Gasteiger partial charge in [0.1, 0.15) is 5.75 Å². The average molecular weight is 278 g/mol. The molecular formula is C16H26N2O2. The van der Waals surface area contributed by atoms with Crippen LogP contribution in [0.5, 0.6) is 5.75 Å². The fourth-order valence-corrected chi connectivity index (χ4v) is 1.93. The van der Waals surface area contributed by atoms with E-state index in [4.69, 9.17) is 4.74 Å². The molecule has 0 heterocycles. The summed E-state index contributed by atoms with van der Waals surface area (Å²) in [7, 11) is 1.77. The van der Waals surface area contributed by atoms with E-state index in [2.05, 4.69) is 31.3 Å². The van der Waals surface area contributed by atoms with Crippen molar-refractivity contribution in [1.29, 1.82) is 0 Å². The third-order valence-corrected chi connectivity index (χ3v) is 3.28. The number of hydrogen-bond acceptors (Lipinski definition) is 3. The fourth-order valence-electron chi connectivity index (χ4n) is 1.93. The lowest BCUT2D eigenvalue weighted by molar-refractivity contribution is -0.131. The predicted molar refractivity (Wildman–Crippen MR) is 82.1 cm³/mol. The summed E-state index contributed by atoms with van der Waals surface area (Å²) in [6.07, 6.45) is 0.992. The first-order valence-corrected chi connectivity index (χ1v) is 7.25. The lowest BCUT2D eigenvalue weighted by atomic mass is 10.1. The number of ether oxygens (including phenoxy) is 1. The first kappa shape index (κ1) is 16.5. The molecule has 20 heavy (non-hydrogen) atoms. The van der Waals surface area contributed by atoms with Gasteiger partial charge in [0.15, 0.2) is 6.61 Å². The minimum Gasteiger partial charge on any atom is -0.484 e. The number of hydrogen-bond donors (Lipinski definition) is 1. The molecule has 0 aliphatic rings. The zero-order valence-electron chi connectivity index (χ0n) is 13.0. The molecule has 1 aromatic rings. The van der Waals surface area contributed by atoms with Crippen LogP contribution in [0.25, 0.3) is 0 Å². The molecule has 1 atom stereocenters. The van der Waals surface area contributed by atoms with Gasteiger partial charge in [0.2, 0.25) is 0 Å². The van der Waals surface area contributed by atoms with Gasteiger partial charge in [-0.05, 0) is 44.5 Å². The highest BCUT2D eigenvalue weighted by Gasteiger charge is 2.07. The Morgan fingerprint density at radius 1 is 1.30 bits per heavy atom. The van der Waals surface area contributed by atoms with Crippen LogP contribution in [0, 0.1) is 0 Å². The van der Waals surface area contributed by atoms with E-state index in [1.165, 1.54) is 5.56 Å². The summed E-state index contributed by atoms with van der Waals surface area (Å²) in [5.74, 6) is 0.736. The van der Waals surface area contributed by atoms with Gasteiger partial charge in [-0.25, -0.2) is 0 Å². The zero-order chi connectivity index (χ0) is 15.0. The second-order valence-corrected chi connectivity index (χ2v) is 5.00. The van der Waals surface area contributed by atoms with Crippen molar-refractivity contribution in [2.75, 3.05) is 26.7 Å². The van der Waals surface area contributed by atoms with Crippen molar-refractivity contribution < 1.29 is 9.53 Å². The number of nitrogens with zero attached hydrogens (tertiary/aromatic N) is 1. The molecule has 4 nitrogen and oxygen atoms in total. The molecule has 112 valence electrons. The van der Waals surface area contributed by atoms with Crippen molar-refractivity contribution in [3.05, 3.63) is 29.8 Å². The maximum atomic E-state index is 11.6. The van der Waals surface area contributed by atoms with Crippen LogP contribution in [-0.4, -0.2) is 43.6 Å². The van der Waals surface area contributed by atoms with E-state index >= 15 is 0 Å². The normalized spacial score (nSPS) is 12.0. The third-order valence-electron chi connectivity index (χ3n) is 3.28. The van der Waals surface area contributed by atoms with Crippen molar-refractivity contribution >= 4 is 5.91 Å². The molecule has 4 heteroatoms. The van der Waals surface area contributed by atoms with Crippen LogP contribution in [0.1, 0.15) is 26.3 Å². The highest BCUT2D eigenvalue weighted by Crippen LogP contribution is 2.13. The maximum absolute atomic E-state index is 11.6. The van der Waals surface area contributed by atoms with E-state index in [1.54, 1.807) is 11.9 Å². The van der Waals surface area contributed by atoms with Crippen LogP contribution < -0.4 is 10.1 Å². The van der Waals surface area contributed by atoms with Gasteiger partial charge >= 0.3 is 0 Å². The molecule has 1 rings (SSSR count). The van der Waals surface area contributed by atoms with E-state index in [0.29, 0.717) is 12.6 Å². The first-order chi connectivity index (χ1) is 9.56. The van der Waals surface area contributed by atoms with Gasteiger partial charge in [-0.3, -0.25) is 4.79 Å². The van der Waals surface area contributed by atoms with Gasteiger partial charge in [0.05, 0.1) is 0 Å². The lowest BCUT2D eigenvalue weighted by Crippen LogP contribution is -2.31. The molecule has 0 aliphatic heterocycles. The topological polar surface area (TPSA) is 41.6 Å². The van der Waals surface area contributed by atoms with Crippen LogP contribution in [-0.2, 0) is 11.2 Å². The van der Waals surface area contributed by atoms with E-state index in [9.17, 15) is 4.79 Å². The SMILES string of the molecule is CCNC(C)Cc1ccc(OCC(=O)N(C)CC)cc1. The summed E-state index contributed by atoms with van der Waals surface area (Å²) in [5.41, 5.74) is 1.27. The molecule has 1 unspecified atom stereocenters. The van der Waals surface area contributed by atoms with E-state index in [1.807, 2.05) is 19.1 Å². The molecule has 0 saturated heterocycles. The van der Waals surface area contributed by atoms with Crippen LogP contribution in [0.15, 0.2) is 24.3 Å². The predicted octanol–water partition coefficient (Wildman–Crippen LogP) is 2.08. The largest absolute Gasteiger partial charge is 0.484 e. The number of benzene rings is 1. The molecule has 0 aliphatic carbocycles. The molecule has 1 aromatic carbocycles. The summed E-state index contributed by atoms with van der Waals surface area (Å²) >= 11 is 0. The van der Waals surface area contributed by atoms with Crippen molar-refractivity contribution in [2.45, 2.75) is 33.2 Å². The Morgan fingerprint density at radius 2 is 1.95 bits per heavy atom. The molecule has 1 N–H and O–H groups in total. The van der Waals surface area contributed by atoms with Crippen molar-refractivity contribution in [3.8, 4) is 5.75 Å². The number of carbonyl (C=O) groups excluding carboxylic acids is 1. The lowest BCUT2D eigenvalue weighted by Gasteiger charge is -2.15. The van der Waals surface area contributed by atoms with Crippen LogP contribution in [0.4, 0.5) is 0 Å². The highest BCUT2D eigenvalue weighted by atomic mass is 16.5.